The molecule has 188 valence electrons. The lowest BCUT2D eigenvalue weighted by Crippen LogP contribution is -2.59. The highest BCUT2D eigenvalue weighted by molar-refractivity contribution is 5.87. The number of ketones is 1. The zero-order valence-corrected chi connectivity index (χ0v) is 20.2. The van der Waals surface area contributed by atoms with Crippen LogP contribution in [-0.2, 0) is 48.3 Å². The SMILES string of the molecule is C=CCO[C@@H]1O[C@H](COCc2ccccc2)[C@@H](OCc2ccccc2)[C@H](OCc2ccccc2)C1=O. The van der Waals surface area contributed by atoms with Crippen molar-refractivity contribution < 1.29 is 28.5 Å². The van der Waals surface area contributed by atoms with Crippen LogP contribution in [0.25, 0.3) is 0 Å². The fourth-order valence-electron chi connectivity index (χ4n) is 3.97. The Bertz CT molecular complexity index is 1060. The summed E-state index contributed by atoms with van der Waals surface area (Å²) in [6.45, 7) is 5.03. The van der Waals surface area contributed by atoms with Crippen molar-refractivity contribution in [3.05, 3.63) is 120 Å². The van der Waals surface area contributed by atoms with Gasteiger partial charge in [0.1, 0.15) is 12.2 Å². The number of ether oxygens (including phenoxy) is 5. The summed E-state index contributed by atoms with van der Waals surface area (Å²) < 4.78 is 30.2. The molecule has 0 spiro atoms. The lowest BCUT2D eigenvalue weighted by atomic mass is 9.99. The van der Waals surface area contributed by atoms with Crippen molar-refractivity contribution in [3.8, 4) is 0 Å². The number of Topliss-reactive ketones (excluding diaryl/α,β-unsaturated/α-hetero) is 1. The van der Waals surface area contributed by atoms with Crippen molar-refractivity contribution in [1.82, 2.24) is 0 Å². The first kappa shape index (κ1) is 25.9. The van der Waals surface area contributed by atoms with Gasteiger partial charge >= 0.3 is 0 Å². The molecule has 4 atom stereocenters. The summed E-state index contributed by atoms with van der Waals surface area (Å²) in [5.74, 6) is -0.315. The first-order chi connectivity index (χ1) is 17.7. The third-order valence-corrected chi connectivity index (χ3v) is 5.79. The molecule has 1 aliphatic rings. The van der Waals surface area contributed by atoms with Gasteiger partial charge in [-0.15, -0.1) is 6.58 Å². The zero-order valence-electron chi connectivity index (χ0n) is 20.2. The molecule has 3 aromatic carbocycles. The Morgan fingerprint density at radius 3 is 1.81 bits per heavy atom. The van der Waals surface area contributed by atoms with Gasteiger partial charge in [0.25, 0.3) is 0 Å². The van der Waals surface area contributed by atoms with Crippen molar-refractivity contribution in [1.29, 1.82) is 0 Å². The van der Waals surface area contributed by atoms with Gasteiger partial charge in [-0.2, -0.15) is 0 Å². The van der Waals surface area contributed by atoms with Crippen molar-refractivity contribution in [3.63, 3.8) is 0 Å². The van der Waals surface area contributed by atoms with Crippen LogP contribution in [-0.4, -0.2) is 43.6 Å². The Balaban J connectivity index is 1.52. The Morgan fingerprint density at radius 1 is 0.722 bits per heavy atom. The zero-order chi connectivity index (χ0) is 25.0. The van der Waals surface area contributed by atoms with Gasteiger partial charge in [-0.3, -0.25) is 4.79 Å². The van der Waals surface area contributed by atoms with E-state index in [2.05, 4.69) is 6.58 Å². The molecule has 0 amide bonds. The molecule has 0 unspecified atom stereocenters. The van der Waals surface area contributed by atoms with Crippen LogP contribution in [0.3, 0.4) is 0 Å². The van der Waals surface area contributed by atoms with Gasteiger partial charge in [-0.25, -0.2) is 0 Å². The van der Waals surface area contributed by atoms with E-state index in [9.17, 15) is 4.79 Å². The third kappa shape index (κ3) is 7.43. The molecule has 6 heteroatoms. The Hall–Kier alpha value is -3.13. The summed E-state index contributed by atoms with van der Waals surface area (Å²) in [6, 6.07) is 29.4. The second kappa shape index (κ2) is 13.8. The maximum Gasteiger partial charge on any atom is 0.221 e. The van der Waals surface area contributed by atoms with Crippen molar-refractivity contribution in [2.75, 3.05) is 13.2 Å². The highest BCUT2D eigenvalue weighted by atomic mass is 16.7. The van der Waals surface area contributed by atoms with Crippen LogP contribution in [0.5, 0.6) is 0 Å². The molecule has 1 saturated heterocycles. The number of benzene rings is 3. The number of carbonyl (C=O) groups excluding carboxylic acids is 1. The average molecular weight is 489 g/mol. The van der Waals surface area contributed by atoms with Gasteiger partial charge in [-0.1, -0.05) is 97.1 Å². The molecule has 0 aliphatic carbocycles. The normalized spacial score (nSPS) is 21.8. The molecule has 0 radical (unpaired) electrons. The van der Waals surface area contributed by atoms with Crippen molar-refractivity contribution in [2.24, 2.45) is 0 Å². The van der Waals surface area contributed by atoms with E-state index in [1.54, 1.807) is 6.08 Å². The van der Waals surface area contributed by atoms with E-state index >= 15 is 0 Å². The molecule has 1 aliphatic heterocycles. The topological polar surface area (TPSA) is 63.2 Å². The molecular weight excluding hydrogens is 456 g/mol. The van der Waals surface area contributed by atoms with Crippen molar-refractivity contribution >= 4 is 5.78 Å². The molecule has 4 rings (SSSR count). The standard InChI is InChI=1S/C30H32O6/c1-2-18-33-30-27(31)29(35-21-25-16-10-5-11-17-25)28(34-20-24-14-8-4-9-15-24)26(36-30)22-32-19-23-12-6-3-7-13-23/h2-17,26,28-30H,1,18-22H2/t26-,28-,29-,30-/m1/s1. The van der Waals surface area contributed by atoms with Crippen LogP contribution in [0.4, 0.5) is 0 Å². The summed E-state index contributed by atoms with van der Waals surface area (Å²) in [6.07, 6.45) is -1.66. The molecule has 36 heavy (non-hydrogen) atoms. The van der Waals surface area contributed by atoms with Crippen LogP contribution >= 0.6 is 0 Å². The largest absolute Gasteiger partial charge is 0.374 e. The van der Waals surface area contributed by atoms with E-state index in [-0.39, 0.29) is 25.6 Å². The van der Waals surface area contributed by atoms with E-state index in [1.165, 1.54) is 0 Å². The Labute approximate surface area is 212 Å². The van der Waals surface area contributed by atoms with Gasteiger partial charge in [0, 0.05) is 0 Å². The summed E-state index contributed by atoms with van der Waals surface area (Å²) in [4.78, 5) is 13.4. The lowest BCUT2D eigenvalue weighted by Gasteiger charge is -2.40. The number of hydrogen-bond donors (Lipinski definition) is 0. The molecule has 3 aromatic rings. The highest BCUT2D eigenvalue weighted by Gasteiger charge is 2.47. The first-order valence-electron chi connectivity index (χ1n) is 12.1. The van der Waals surface area contributed by atoms with E-state index in [4.69, 9.17) is 23.7 Å². The fourth-order valence-corrected chi connectivity index (χ4v) is 3.97. The minimum Gasteiger partial charge on any atom is -0.374 e. The Morgan fingerprint density at radius 2 is 1.25 bits per heavy atom. The molecule has 0 saturated carbocycles. The number of carbonyl (C=O) groups is 1. The lowest BCUT2D eigenvalue weighted by molar-refractivity contribution is -0.255. The first-order valence-corrected chi connectivity index (χ1v) is 12.1. The Kier molecular flexibility index (Phi) is 9.96. The molecule has 6 nitrogen and oxygen atoms in total. The van der Waals surface area contributed by atoms with Crippen LogP contribution in [0, 0.1) is 0 Å². The highest BCUT2D eigenvalue weighted by Crippen LogP contribution is 2.26. The van der Waals surface area contributed by atoms with E-state index in [0.29, 0.717) is 13.2 Å². The predicted octanol–water partition coefficient (Wildman–Crippen LogP) is 4.87. The molecule has 0 N–H and O–H groups in total. The number of hydrogen-bond acceptors (Lipinski definition) is 6. The summed E-state index contributed by atoms with van der Waals surface area (Å²) in [5, 5.41) is 0. The van der Waals surface area contributed by atoms with Crippen LogP contribution < -0.4 is 0 Å². The molecule has 0 aromatic heterocycles. The summed E-state index contributed by atoms with van der Waals surface area (Å²) in [7, 11) is 0. The van der Waals surface area contributed by atoms with E-state index in [0.717, 1.165) is 16.7 Å². The quantitative estimate of drug-likeness (QED) is 0.320. The second-order valence-corrected chi connectivity index (χ2v) is 8.51. The molecule has 1 fully saturated rings. The maximum atomic E-state index is 13.4. The maximum absolute atomic E-state index is 13.4. The van der Waals surface area contributed by atoms with Crippen LogP contribution in [0.1, 0.15) is 16.7 Å². The van der Waals surface area contributed by atoms with Gasteiger partial charge < -0.3 is 23.7 Å². The summed E-state index contributed by atoms with van der Waals surface area (Å²) >= 11 is 0. The molecular formula is C30H32O6. The van der Waals surface area contributed by atoms with Gasteiger partial charge in [0.15, 0.2) is 6.10 Å². The van der Waals surface area contributed by atoms with Crippen LogP contribution in [0.2, 0.25) is 0 Å². The third-order valence-electron chi connectivity index (χ3n) is 5.79. The van der Waals surface area contributed by atoms with Crippen LogP contribution in [0.15, 0.2) is 104 Å². The van der Waals surface area contributed by atoms with Crippen molar-refractivity contribution in [2.45, 2.75) is 44.4 Å². The summed E-state index contributed by atoms with van der Waals surface area (Å²) in [5.41, 5.74) is 2.99. The second-order valence-electron chi connectivity index (χ2n) is 8.51. The molecule has 1 heterocycles. The van der Waals surface area contributed by atoms with Gasteiger partial charge in [0.2, 0.25) is 12.1 Å². The van der Waals surface area contributed by atoms with E-state index < -0.39 is 24.6 Å². The average Bonchev–Trinajstić information content (AvgIpc) is 2.93. The minimum atomic E-state index is -1.09. The van der Waals surface area contributed by atoms with Gasteiger partial charge in [-0.05, 0) is 16.7 Å². The predicted molar refractivity (Wildman–Crippen MR) is 136 cm³/mol. The number of rotatable bonds is 13. The monoisotopic (exact) mass is 488 g/mol. The fraction of sp³-hybridized carbons (Fsp3) is 0.300. The molecule has 0 bridgehead atoms. The van der Waals surface area contributed by atoms with E-state index in [1.807, 2.05) is 91.0 Å². The van der Waals surface area contributed by atoms with Gasteiger partial charge in [0.05, 0.1) is 33.0 Å². The smallest absolute Gasteiger partial charge is 0.221 e. The minimum absolute atomic E-state index is 0.176.